The predicted octanol–water partition coefficient (Wildman–Crippen LogP) is 3.89. The van der Waals surface area contributed by atoms with E-state index < -0.39 is 17.6 Å². The maximum Gasteiger partial charge on any atom is 0.338 e. The number of ether oxygens (including phenoxy) is 2. The largest absolute Gasteiger partial charge is 0.497 e. The van der Waals surface area contributed by atoms with Gasteiger partial charge in [-0.2, -0.15) is 0 Å². The van der Waals surface area contributed by atoms with Crippen LogP contribution in [0.25, 0.3) is 5.57 Å². The zero-order chi connectivity index (χ0) is 29.4. The predicted molar refractivity (Wildman–Crippen MR) is 161 cm³/mol. The van der Waals surface area contributed by atoms with Crippen LogP contribution in [0.4, 0.5) is 5.69 Å². The van der Waals surface area contributed by atoms with E-state index in [0.717, 1.165) is 22.6 Å². The number of hydrogen-bond acceptors (Lipinski definition) is 7. The third kappa shape index (κ3) is 4.57. The molecule has 0 N–H and O–H groups in total. The SMILES string of the molecule is C=CCOC(=O)C1=C(C)N=c2s/c(=C3\C(=O)N(Cc4ccccc4)c4ccccc43)c(=O)n2[C@H]1c1ccc(OC)cc1. The van der Waals surface area contributed by atoms with E-state index in [1.54, 1.807) is 43.2 Å². The molecule has 3 heterocycles. The Balaban J connectivity index is 1.56. The first-order valence-electron chi connectivity index (χ1n) is 13.3. The first-order chi connectivity index (χ1) is 20.4. The average molecular weight is 578 g/mol. The van der Waals surface area contributed by atoms with Crippen molar-refractivity contribution in [3.63, 3.8) is 0 Å². The molecule has 0 bridgehead atoms. The summed E-state index contributed by atoms with van der Waals surface area (Å²) in [6, 6.07) is 23.5. The molecular formula is C33H27N3O5S. The number of nitrogens with zero attached hydrogens (tertiary/aromatic N) is 3. The zero-order valence-electron chi connectivity index (χ0n) is 23.1. The lowest BCUT2D eigenvalue weighted by Crippen LogP contribution is -2.41. The number of benzene rings is 3. The van der Waals surface area contributed by atoms with Gasteiger partial charge in [0.05, 0.1) is 42.2 Å². The van der Waals surface area contributed by atoms with Crippen molar-refractivity contribution < 1.29 is 19.1 Å². The van der Waals surface area contributed by atoms with Gasteiger partial charge in [-0.3, -0.25) is 14.2 Å². The van der Waals surface area contributed by atoms with E-state index in [4.69, 9.17) is 9.47 Å². The third-order valence-corrected chi connectivity index (χ3v) is 8.37. The van der Waals surface area contributed by atoms with Gasteiger partial charge in [-0.05, 0) is 36.2 Å². The van der Waals surface area contributed by atoms with Crippen LogP contribution in [0, 0.1) is 0 Å². The number of methoxy groups -OCH3 is 1. The smallest absolute Gasteiger partial charge is 0.338 e. The molecule has 42 heavy (non-hydrogen) atoms. The Kier molecular flexibility index (Phi) is 7.18. The molecule has 8 nitrogen and oxygen atoms in total. The Morgan fingerprint density at radius 1 is 1.02 bits per heavy atom. The highest BCUT2D eigenvalue weighted by molar-refractivity contribution is 7.07. The van der Waals surface area contributed by atoms with Crippen molar-refractivity contribution >= 4 is 34.5 Å². The fourth-order valence-electron chi connectivity index (χ4n) is 5.37. The number of thiazole rings is 1. The van der Waals surface area contributed by atoms with Gasteiger partial charge in [0.1, 0.15) is 16.9 Å². The lowest BCUT2D eigenvalue weighted by Gasteiger charge is -2.24. The summed E-state index contributed by atoms with van der Waals surface area (Å²) >= 11 is 1.15. The van der Waals surface area contributed by atoms with E-state index in [9.17, 15) is 14.4 Å². The lowest BCUT2D eigenvalue weighted by atomic mass is 9.96. The summed E-state index contributed by atoms with van der Waals surface area (Å²) in [5, 5.41) is 0. The van der Waals surface area contributed by atoms with Gasteiger partial charge in [-0.1, -0.05) is 84.7 Å². The van der Waals surface area contributed by atoms with Crippen LogP contribution >= 0.6 is 11.3 Å². The number of carbonyl (C=O) groups is 2. The number of hydrogen-bond donors (Lipinski definition) is 0. The maximum atomic E-state index is 14.3. The second-order valence-corrected chi connectivity index (χ2v) is 10.8. The molecule has 0 radical (unpaired) electrons. The quantitative estimate of drug-likeness (QED) is 0.246. The van der Waals surface area contributed by atoms with Crippen LogP contribution < -0.4 is 24.5 Å². The van der Waals surface area contributed by atoms with Gasteiger partial charge in [0.2, 0.25) is 0 Å². The number of carbonyl (C=O) groups excluding carboxylic acids is 2. The van der Waals surface area contributed by atoms with E-state index >= 15 is 0 Å². The second-order valence-electron chi connectivity index (χ2n) is 9.83. The van der Waals surface area contributed by atoms with E-state index in [1.807, 2.05) is 54.6 Å². The first kappa shape index (κ1) is 27.2. The molecule has 9 heteroatoms. The number of amides is 1. The number of aromatic nitrogens is 1. The van der Waals surface area contributed by atoms with E-state index in [1.165, 1.54) is 10.6 Å². The van der Waals surface area contributed by atoms with Crippen molar-refractivity contribution in [2.75, 3.05) is 18.6 Å². The number of anilines is 1. The average Bonchev–Trinajstić information content (AvgIpc) is 3.47. The molecule has 1 amide bonds. The molecule has 2 aliphatic rings. The standard InChI is InChI=1S/C33H27N3O5S/c1-4-18-41-32(39)26-20(2)34-33-36(28(26)22-14-16-23(40-3)17-15-22)31(38)29(42-33)27-24-12-8-9-13-25(24)35(30(27)37)19-21-10-6-5-7-11-21/h4-17,28H,1,18-19H2,2-3H3/b29-27-/t28-/m0/s1. The minimum Gasteiger partial charge on any atom is -0.497 e. The summed E-state index contributed by atoms with van der Waals surface area (Å²) in [5.41, 5.74) is 3.69. The second kappa shape index (κ2) is 11.1. The Morgan fingerprint density at radius 3 is 2.45 bits per heavy atom. The summed E-state index contributed by atoms with van der Waals surface area (Å²) in [6.07, 6.45) is 1.48. The van der Waals surface area contributed by atoms with Crippen LogP contribution in [0.1, 0.15) is 29.7 Å². The number of rotatable bonds is 7. The van der Waals surface area contributed by atoms with E-state index in [0.29, 0.717) is 39.5 Å². The molecule has 1 atom stereocenters. The van der Waals surface area contributed by atoms with Crippen LogP contribution in [-0.4, -0.2) is 30.2 Å². The molecule has 210 valence electrons. The van der Waals surface area contributed by atoms with E-state index in [2.05, 4.69) is 11.6 Å². The van der Waals surface area contributed by atoms with E-state index in [-0.39, 0.29) is 22.6 Å². The summed E-state index contributed by atoms with van der Waals surface area (Å²) in [6.45, 7) is 5.73. The first-order valence-corrected chi connectivity index (χ1v) is 14.2. The van der Waals surface area contributed by atoms with Gasteiger partial charge in [0.15, 0.2) is 4.80 Å². The highest BCUT2D eigenvalue weighted by atomic mass is 32.1. The maximum absolute atomic E-state index is 14.3. The lowest BCUT2D eigenvalue weighted by molar-refractivity contribution is -0.138. The molecule has 0 unspecified atom stereocenters. The topological polar surface area (TPSA) is 90.2 Å². The fourth-order valence-corrected chi connectivity index (χ4v) is 6.51. The third-order valence-electron chi connectivity index (χ3n) is 7.31. The zero-order valence-corrected chi connectivity index (χ0v) is 23.9. The van der Waals surface area contributed by atoms with Crippen molar-refractivity contribution in [1.82, 2.24) is 4.57 Å². The highest BCUT2D eigenvalue weighted by Crippen LogP contribution is 2.37. The van der Waals surface area contributed by atoms with Crippen molar-refractivity contribution in [1.29, 1.82) is 0 Å². The molecule has 0 spiro atoms. The molecule has 0 saturated heterocycles. The fraction of sp³-hybridized carbons (Fsp3) is 0.152. The summed E-state index contributed by atoms with van der Waals surface area (Å²) in [4.78, 5) is 48.4. The van der Waals surface area contributed by atoms with Crippen LogP contribution in [0.5, 0.6) is 5.75 Å². The van der Waals surface area contributed by atoms with Crippen LogP contribution in [0.3, 0.4) is 0 Å². The van der Waals surface area contributed by atoms with Crippen LogP contribution in [0.2, 0.25) is 0 Å². The number of para-hydroxylation sites is 1. The molecule has 4 aromatic rings. The summed E-state index contributed by atoms with van der Waals surface area (Å²) in [7, 11) is 1.57. The Hall–Kier alpha value is -5.02. The highest BCUT2D eigenvalue weighted by Gasteiger charge is 2.37. The van der Waals surface area contributed by atoms with Gasteiger partial charge in [-0.15, -0.1) is 0 Å². The normalized spacial score (nSPS) is 17.0. The number of allylic oxidation sites excluding steroid dienone is 1. The monoisotopic (exact) mass is 577 g/mol. The Bertz CT molecular complexity index is 1940. The summed E-state index contributed by atoms with van der Waals surface area (Å²) < 4.78 is 12.5. The minimum atomic E-state index is -0.814. The molecule has 2 aliphatic heterocycles. The molecule has 3 aromatic carbocycles. The molecule has 0 aliphatic carbocycles. The van der Waals surface area contributed by atoms with Crippen LogP contribution in [0.15, 0.2) is 113 Å². The van der Waals surface area contributed by atoms with Gasteiger partial charge >= 0.3 is 5.97 Å². The van der Waals surface area contributed by atoms with Crippen LogP contribution in [-0.2, 0) is 20.9 Å². The minimum absolute atomic E-state index is 0.0159. The van der Waals surface area contributed by atoms with Crippen molar-refractivity contribution in [3.05, 3.63) is 139 Å². The van der Waals surface area contributed by atoms with Gasteiger partial charge in [-0.25, -0.2) is 9.79 Å². The summed E-state index contributed by atoms with van der Waals surface area (Å²) in [5.74, 6) is -0.213. The number of fused-ring (bicyclic) bond motifs is 2. The Labute approximate surface area is 245 Å². The van der Waals surface area contributed by atoms with Gasteiger partial charge in [0.25, 0.3) is 11.5 Å². The Morgan fingerprint density at radius 2 is 1.74 bits per heavy atom. The molecular weight excluding hydrogens is 550 g/mol. The van der Waals surface area contributed by atoms with Gasteiger partial charge < -0.3 is 14.4 Å². The number of esters is 1. The van der Waals surface area contributed by atoms with Crippen molar-refractivity contribution in [2.45, 2.75) is 19.5 Å². The molecule has 6 rings (SSSR count). The van der Waals surface area contributed by atoms with Crippen molar-refractivity contribution in [3.8, 4) is 5.75 Å². The molecule has 0 fully saturated rings. The van der Waals surface area contributed by atoms with Crippen molar-refractivity contribution in [2.24, 2.45) is 4.99 Å². The molecule has 0 saturated carbocycles. The van der Waals surface area contributed by atoms with Gasteiger partial charge in [0, 0.05) is 5.56 Å². The molecule has 1 aromatic heterocycles.